The van der Waals surface area contributed by atoms with Crippen LogP contribution in [-0.2, 0) is 27.5 Å². The Morgan fingerprint density at radius 1 is 1.25 bits per heavy atom. The molecule has 170 valence electrons. The summed E-state index contributed by atoms with van der Waals surface area (Å²) in [4.78, 5) is 26.5. The molecule has 0 fully saturated rings. The minimum atomic E-state index is -0.532. The highest BCUT2D eigenvalue weighted by molar-refractivity contribution is 5.91. The molecule has 3 rings (SSSR count). The number of ether oxygens (including phenoxy) is 2. The van der Waals surface area contributed by atoms with Crippen LogP contribution in [0, 0.1) is 16.0 Å². The molecule has 32 heavy (non-hydrogen) atoms. The van der Waals surface area contributed by atoms with Gasteiger partial charge in [0, 0.05) is 25.6 Å². The number of nitro groups is 1. The first-order valence-electron chi connectivity index (χ1n) is 10.3. The smallest absolute Gasteiger partial charge is 0.287 e. The van der Waals surface area contributed by atoms with Gasteiger partial charge in [0.25, 0.3) is 11.6 Å². The molecule has 0 aliphatic carbocycles. The standard InChI is InChI=1S/C22H26N4O6/c1-15-10-19(32-21(11-15)31-14-17-4-2-16(13-27)3-5-17)22(28)24-9-8-23-20-7-6-18(12-25-20)26(29)30/h2-7,10,12,15,21,27H,8-9,11,13-14H2,1H3,(H,23,25)(H,24,28)/t15-,21+/m1/s1. The van der Waals surface area contributed by atoms with Gasteiger partial charge in [0.05, 0.1) is 18.1 Å². The Labute approximate surface area is 185 Å². The number of hydrogen-bond acceptors (Lipinski definition) is 8. The number of aliphatic hydroxyl groups excluding tert-OH is 1. The van der Waals surface area contributed by atoms with E-state index in [0.717, 1.165) is 11.1 Å². The first-order chi connectivity index (χ1) is 15.4. The molecular weight excluding hydrogens is 416 g/mol. The van der Waals surface area contributed by atoms with Crippen molar-refractivity contribution in [1.82, 2.24) is 10.3 Å². The number of nitrogens with one attached hydrogen (secondary N) is 2. The SMILES string of the molecule is C[C@@H]1C=C(C(=O)NCCNc2ccc([N+](=O)[O-])cn2)O[C@H](OCc2ccc(CO)cc2)C1. The van der Waals surface area contributed by atoms with E-state index in [2.05, 4.69) is 15.6 Å². The van der Waals surface area contributed by atoms with Gasteiger partial charge in [0.2, 0.25) is 6.29 Å². The van der Waals surface area contributed by atoms with Crippen molar-refractivity contribution in [2.75, 3.05) is 18.4 Å². The van der Waals surface area contributed by atoms with Gasteiger partial charge in [-0.2, -0.15) is 0 Å². The fraction of sp³-hybridized carbons (Fsp3) is 0.364. The van der Waals surface area contributed by atoms with Crippen molar-refractivity contribution in [3.8, 4) is 0 Å². The second kappa shape index (κ2) is 11.2. The number of hydrogen-bond donors (Lipinski definition) is 3. The lowest BCUT2D eigenvalue weighted by atomic mass is 10.0. The molecule has 1 aliphatic heterocycles. The second-order valence-electron chi connectivity index (χ2n) is 7.42. The number of anilines is 1. The number of nitrogens with zero attached hydrogens (tertiary/aromatic N) is 2. The van der Waals surface area contributed by atoms with Gasteiger partial charge in [0.15, 0.2) is 5.76 Å². The zero-order chi connectivity index (χ0) is 22.9. The zero-order valence-corrected chi connectivity index (χ0v) is 17.7. The molecule has 0 saturated heterocycles. The molecule has 2 heterocycles. The van der Waals surface area contributed by atoms with Gasteiger partial charge in [-0.05, 0) is 29.2 Å². The number of pyridine rings is 1. The average Bonchev–Trinajstić information content (AvgIpc) is 2.80. The first kappa shape index (κ1) is 23.2. The van der Waals surface area contributed by atoms with Crippen molar-refractivity contribution >= 4 is 17.4 Å². The van der Waals surface area contributed by atoms with Crippen LogP contribution in [0.4, 0.5) is 11.5 Å². The van der Waals surface area contributed by atoms with Crippen molar-refractivity contribution in [3.05, 3.63) is 75.7 Å². The number of allylic oxidation sites excluding steroid dienone is 1. The molecule has 0 radical (unpaired) electrons. The summed E-state index contributed by atoms with van der Waals surface area (Å²) in [6.45, 7) is 3.03. The maximum atomic E-state index is 12.5. The van der Waals surface area contributed by atoms with Crippen molar-refractivity contribution in [1.29, 1.82) is 0 Å². The first-order valence-corrected chi connectivity index (χ1v) is 10.3. The van der Waals surface area contributed by atoms with Crippen LogP contribution in [0.1, 0.15) is 24.5 Å². The number of carbonyl (C=O) groups is 1. The third-order valence-corrected chi connectivity index (χ3v) is 4.80. The molecule has 2 aromatic rings. The quantitative estimate of drug-likeness (QED) is 0.290. The maximum Gasteiger partial charge on any atom is 0.287 e. The Kier molecular flexibility index (Phi) is 8.12. The van der Waals surface area contributed by atoms with Gasteiger partial charge in [-0.3, -0.25) is 14.9 Å². The highest BCUT2D eigenvalue weighted by atomic mass is 16.7. The van der Waals surface area contributed by atoms with Crippen molar-refractivity contribution < 1.29 is 24.3 Å². The molecule has 1 aromatic carbocycles. The zero-order valence-electron chi connectivity index (χ0n) is 17.7. The minimum Gasteiger partial charge on any atom is -0.459 e. The van der Waals surface area contributed by atoms with Crippen LogP contribution in [0.2, 0.25) is 0 Å². The molecule has 0 spiro atoms. The maximum absolute atomic E-state index is 12.5. The van der Waals surface area contributed by atoms with Crippen molar-refractivity contribution in [3.63, 3.8) is 0 Å². The minimum absolute atomic E-state index is 0.00639. The molecule has 10 heteroatoms. The molecule has 10 nitrogen and oxygen atoms in total. The number of aliphatic hydroxyl groups is 1. The van der Waals surface area contributed by atoms with E-state index in [1.807, 2.05) is 31.2 Å². The Morgan fingerprint density at radius 3 is 2.66 bits per heavy atom. The number of carbonyl (C=O) groups excluding carboxylic acids is 1. The summed E-state index contributed by atoms with van der Waals surface area (Å²) in [7, 11) is 0. The van der Waals surface area contributed by atoms with Crippen molar-refractivity contribution in [2.24, 2.45) is 5.92 Å². The molecule has 0 bridgehead atoms. The van der Waals surface area contributed by atoms with Crippen LogP contribution in [0.5, 0.6) is 0 Å². The lowest BCUT2D eigenvalue weighted by molar-refractivity contribution is -0.385. The van der Waals surface area contributed by atoms with Crippen LogP contribution >= 0.6 is 0 Å². The van der Waals surface area contributed by atoms with E-state index in [0.29, 0.717) is 31.9 Å². The lowest BCUT2D eigenvalue weighted by Gasteiger charge is -2.27. The van der Waals surface area contributed by atoms with Gasteiger partial charge >= 0.3 is 0 Å². The van der Waals surface area contributed by atoms with E-state index in [9.17, 15) is 14.9 Å². The van der Waals surface area contributed by atoms with E-state index in [4.69, 9.17) is 14.6 Å². The van der Waals surface area contributed by atoms with E-state index < -0.39 is 11.2 Å². The summed E-state index contributed by atoms with van der Waals surface area (Å²) >= 11 is 0. The molecular formula is C22H26N4O6. The van der Waals surface area contributed by atoms with Gasteiger partial charge in [-0.1, -0.05) is 31.2 Å². The number of amides is 1. The van der Waals surface area contributed by atoms with Crippen LogP contribution in [0.3, 0.4) is 0 Å². The topological polar surface area (TPSA) is 136 Å². The summed E-state index contributed by atoms with van der Waals surface area (Å²) < 4.78 is 11.6. The monoisotopic (exact) mass is 442 g/mol. The largest absolute Gasteiger partial charge is 0.459 e. The third kappa shape index (κ3) is 6.76. The number of benzene rings is 1. The molecule has 1 aliphatic rings. The van der Waals surface area contributed by atoms with E-state index in [1.54, 1.807) is 6.08 Å². The summed E-state index contributed by atoms with van der Waals surface area (Å²) in [5, 5.41) is 25.5. The van der Waals surface area contributed by atoms with Gasteiger partial charge < -0.3 is 25.2 Å². The molecule has 2 atom stereocenters. The predicted molar refractivity (Wildman–Crippen MR) is 116 cm³/mol. The Morgan fingerprint density at radius 2 is 2.00 bits per heavy atom. The summed E-state index contributed by atoms with van der Waals surface area (Å²) in [5.74, 6) is 0.481. The number of aromatic nitrogens is 1. The Balaban J connectivity index is 1.42. The van der Waals surface area contributed by atoms with Crippen molar-refractivity contribution in [2.45, 2.75) is 32.8 Å². The van der Waals surface area contributed by atoms with Gasteiger partial charge in [-0.15, -0.1) is 0 Å². The normalized spacial score (nSPS) is 17.8. The van der Waals surface area contributed by atoms with Gasteiger partial charge in [-0.25, -0.2) is 4.98 Å². The van der Waals surface area contributed by atoms with Crippen LogP contribution in [-0.4, -0.2) is 40.3 Å². The third-order valence-electron chi connectivity index (χ3n) is 4.80. The fourth-order valence-electron chi connectivity index (χ4n) is 3.07. The summed E-state index contributed by atoms with van der Waals surface area (Å²) in [6, 6.07) is 10.3. The highest BCUT2D eigenvalue weighted by Gasteiger charge is 2.25. The van der Waals surface area contributed by atoms with E-state index >= 15 is 0 Å². The van der Waals surface area contributed by atoms with Gasteiger partial charge in [0.1, 0.15) is 12.0 Å². The summed E-state index contributed by atoms with van der Waals surface area (Å²) in [5.41, 5.74) is 1.69. The fourth-order valence-corrected chi connectivity index (χ4v) is 3.07. The molecule has 1 amide bonds. The molecule has 0 unspecified atom stereocenters. The second-order valence-corrected chi connectivity index (χ2v) is 7.42. The lowest BCUT2D eigenvalue weighted by Crippen LogP contribution is -2.35. The number of rotatable bonds is 10. The predicted octanol–water partition coefficient (Wildman–Crippen LogP) is 2.49. The van der Waals surface area contributed by atoms with Crippen LogP contribution < -0.4 is 10.6 Å². The Hall–Kier alpha value is -3.50. The van der Waals surface area contributed by atoms with E-state index in [1.165, 1.54) is 18.3 Å². The summed E-state index contributed by atoms with van der Waals surface area (Å²) in [6.07, 6.45) is 3.05. The molecule has 3 N–H and O–H groups in total. The molecule has 1 aromatic heterocycles. The average molecular weight is 442 g/mol. The Bertz CT molecular complexity index is 946. The highest BCUT2D eigenvalue weighted by Crippen LogP contribution is 2.24. The van der Waals surface area contributed by atoms with E-state index in [-0.39, 0.29) is 29.9 Å². The van der Waals surface area contributed by atoms with Crippen LogP contribution in [0.25, 0.3) is 0 Å². The molecule has 0 saturated carbocycles. The van der Waals surface area contributed by atoms with Crippen LogP contribution in [0.15, 0.2) is 54.4 Å².